The topological polar surface area (TPSA) is 205 Å². The predicted octanol–water partition coefficient (Wildman–Crippen LogP) is 0.521. The molecule has 23 heavy (non-hydrogen) atoms. The first-order chi connectivity index (χ1) is 10.1. The summed E-state index contributed by atoms with van der Waals surface area (Å²) in [7, 11) is 0. The van der Waals surface area contributed by atoms with Crippen molar-refractivity contribution in [2.24, 2.45) is 0 Å². The molecular weight excluding hydrogens is 462 g/mol. The molecule has 0 spiro atoms. The maximum Gasteiger partial charge on any atom is 3.00 e. The number of hydrogen-bond donors (Lipinski definition) is 0. The Balaban J connectivity index is -0.000000118. The molecule has 0 aromatic rings. The molecule has 0 aliphatic carbocycles. The van der Waals surface area contributed by atoms with Gasteiger partial charge in [-0.15, -0.1) is 6.58 Å². The molecule has 132 valence electrons. The molecule has 0 aromatic heterocycles. The fraction of sp³-hybridized carbons (Fsp3) is 0.500. The quantitative estimate of drug-likeness (QED) is 0.312. The Morgan fingerprint density at radius 3 is 1.48 bits per heavy atom. The third kappa shape index (κ3) is 44.9. The van der Waals surface area contributed by atoms with Crippen LogP contribution in [-0.4, -0.2) is 44.8 Å². The Morgan fingerprint density at radius 2 is 1.26 bits per heavy atom. The van der Waals surface area contributed by atoms with Crippen molar-refractivity contribution in [3.8, 4) is 0 Å². The van der Waals surface area contributed by atoms with Gasteiger partial charge in [-0.1, -0.05) is 6.08 Å². The third-order valence-electron chi connectivity index (χ3n) is 1.62. The van der Waals surface area contributed by atoms with Gasteiger partial charge in [0.1, 0.15) is 0 Å². The molecule has 0 unspecified atom stereocenters. The van der Waals surface area contributed by atoms with E-state index in [1.165, 1.54) is 0 Å². The van der Waals surface area contributed by atoms with Crippen LogP contribution < -0.4 is 0 Å². The van der Waals surface area contributed by atoms with Gasteiger partial charge in [0.05, 0.1) is 21.9 Å². The van der Waals surface area contributed by atoms with Crippen molar-refractivity contribution in [2.75, 3.05) is 19.8 Å². The third-order valence-corrected chi connectivity index (χ3v) is 1.62. The van der Waals surface area contributed by atoms with E-state index in [2.05, 4.69) is 35.7 Å². The van der Waals surface area contributed by atoms with Crippen LogP contribution in [0.4, 0.5) is 0 Å². The average molecular weight is 476 g/mol. The maximum absolute atomic E-state index is 8.25. The second kappa shape index (κ2) is 20.3. The maximum atomic E-state index is 8.25. The molecule has 14 nitrogen and oxygen atoms in total. The summed E-state index contributed by atoms with van der Waals surface area (Å²) >= 11 is 0. The Hall–Kier alpha value is -1.74. The fourth-order valence-corrected chi connectivity index (χ4v) is 1.01. The molecular formula is C8H14EuN5O9. The van der Waals surface area contributed by atoms with E-state index in [1.807, 2.05) is 6.08 Å². The second-order valence-electron chi connectivity index (χ2n) is 3.08. The molecule has 15 heteroatoms. The van der Waals surface area contributed by atoms with Gasteiger partial charge in [-0.05, 0) is 6.92 Å². The summed E-state index contributed by atoms with van der Waals surface area (Å²) in [5, 5.41) is 44.2. The van der Waals surface area contributed by atoms with Gasteiger partial charge in [-0.3, -0.25) is 0 Å². The summed E-state index contributed by atoms with van der Waals surface area (Å²) < 4.78 is 0. The van der Waals surface area contributed by atoms with Crippen LogP contribution in [0.2, 0.25) is 0 Å². The van der Waals surface area contributed by atoms with Crippen LogP contribution in [0.1, 0.15) is 6.92 Å². The summed E-state index contributed by atoms with van der Waals surface area (Å²) in [6.45, 7) is 8.89. The molecule has 0 saturated heterocycles. The van der Waals surface area contributed by atoms with E-state index in [0.29, 0.717) is 0 Å². The predicted molar refractivity (Wildman–Crippen MR) is 74.4 cm³/mol. The summed E-state index contributed by atoms with van der Waals surface area (Å²) in [5.41, 5.74) is 0. The van der Waals surface area contributed by atoms with Crippen molar-refractivity contribution in [3.63, 3.8) is 0 Å². The van der Waals surface area contributed by atoms with Gasteiger partial charge in [-0.2, -0.15) is 0 Å². The molecule has 0 fully saturated rings. The van der Waals surface area contributed by atoms with Crippen molar-refractivity contribution in [3.05, 3.63) is 71.0 Å². The zero-order valence-corrected chi connectivity index (χ0v) is 14.3. The van der Waals surface area contributed by atoms with Gasteiger partial charge in [-0.25, -0.2) is 0 Å². The molecule has 0 amide bonds. The molecule has 1 heterocycles. The van der Waals surface area contributed by atoms with Gasteiger partial charge in [0.15, 0.2) is 0 Å². The normalized spacial score (nSPS) is 10.3. The summed E-state index contributed by atoms with van der Waals surface area (Å²) in [5.74, 6) is 0. The van der Waals surface area contributed by atoms with Crippen LogP contribution in [0, 0.1) is 95.3 Å². The first-order valence-corrected chi connectivity index (χ1v) is 5.28. The Bertz CT molecular complexity index is 340. The minimum Gasteiger partial charge on any atom is -0.359 e. The summed E-state index contributed by atoms with van der Waals surface area (Å²) in [6, 6.07) is 0. The molecule has 0 bridgehead atoms. The van der Waals surface area contributed by atoms with E-state index in [0.717, 1.165) is 19.8 Å². The van der Waals surface area contributed by atoms with Gasteiger partial charge >= 0.3 is 49.4 Å². The number of hydrogen-bond acceptors (Lipinski definition) is 11. The van der Waals surface area contributed by atoms with E-state index in [9.17, 15) is 0 Å². The molecule has 0 atom stereocenters. The minimum absolute atomic E-state index is 0. The van der Waals surface area contributed by atoms with Crippen LogP contribution in [0.25, 0.3) is 0 Å². The first-order valence-electron chi connectivity index (χ1n) is 5.28. The standard InChI is InChI=1S/C8H14N2.Eu.3NO3/c1-3-5-10-7-6-9(4-2)8-10;;3*2-1(3)4/h3,6-7H,1,4-5,8H2,2H3;;;;/q;+3;3*-1. The SMILES string of the molecule is C=CCN1C=CN(CC)C1.O=[N+]([O-])[O-].O=[N+]([O-])[O-].O=[N+]([O-])[O-].[Eu+3]. The van der Waals surface area contributed by atoms with Crippen molar-refractivity contribution in [1.29, 1.82) is 0 Å². The van der Waals surface area contributed by atoms with Crippen molar-refractivity contribution in [1.82, 2.24) is 9.80 Å². The molecule has 0 radical (unpaired) electrons. The largest absolute Gasteiger partial charge is 3.00 e. The molecule has 1 aliphatic heterocycles. The van der Waals surface area contributed by atoms with Crippen LogP contribution in [0.15, 0.2) is 25.1 Å². The van der Waals surface area contributed by atoms with Crippen molar-refractivity contribution < 1.29 is 64.6 Å². The van der Waals surface area contributed by atoms with E-state index in [4.69, 9.17) is 46.0 Å². The zero-order valence-electron chi connectivity index (χ0n) is 11.8. The van der Waals surface area contributed by atoms with E-state index >= 15 is 0 Å². The zero-order chi connectivity index (χ0) is 18.1. The average Bonchev–Trinajstić information content (AvgIpc) is 2.75. The van der Waals surface area contributed by atoms with Gasteiger partial charge < -0.3 is 55.8 Å². The molecule has 0 aromatic carbocycles. The smallest absolute Gasteiger partial charge is 0.359 e. The van der Waals surface area contributed by atoms with Gasteiger partial charge in [0, 0.05) is 25.5 Å². The molecule has 1 aliphatic rings. The first kappa shape index (κ1) is 29.3. The van der Waals surface area contributed by atoms with Crippen LogP contribution in [0.5, 0.6) is 0 Å². The second-order valence-corrected chi connectivity index (χ2v) is 3.08. The minimum atomic E-state index is -1.75. The Kier molecular flexibility index (Phi) is 25.8. The molecule has 1 rings (SSSR count). The van der Waals surface area contributed by atoms with Crippen molar-refractivity contribution in [2.45, 2.75) is 6.92 Å². The molecule has 0 N–H and O–H groups in total. The monoisotopic (exact) mass is 477 g/mol. The van der Waals surface area contributed by atoms with Crippen LogP contribution in [-0.2, 0) is 0 Å². The summed E-state index contributed by atoms with van der Waals surface area (Å²) in [6.07, 6.45) is 6.14. The van der Waals surface area contributed by atoms with Crippen LogP contribution in [0.3, 0.4) is 0 Å². The fourth-order valence-electron chi connectivity index (χ4n) is 1.01. The van der Waals surface area contributed by atoms with E-state index < -0.39 is 15.3 Å². The Morgan fingerprint density at radius 1 is 0.957 bits per heavy atom. The Labute approximate surface area is 171 Å². The van der Waals surface area contributed by atoms with Crippen molar-refractivity contribution >= 4 is 0 Å². The van der Waals surface area contributed by atoms with Gasteiger partial charge in [0.2, 0.25) is 0 Å². The number of nitrogens with zero attached hydrogens (tertiary/aromatic N) is 5. The van der Waals surface area contributed by atoms with Crippen LogP contribution >= 0.6 is 0 Å². The van der Waals surface area contributed by atoms with E-state index in [1.54, 1.807) is 0 Å². The molecule has 0 saturated carbocycles. The van der Waals surface area contributed by atoms with Gasteiger partial charge in [0.25, 0.3) is 0 Å². The summed E-state index contributed by atoms with van der Waals surface area (Å²) in [4.78, 5) is 29.2. The van der Waals surface area contributed by atoms with E-state index in [-0.39, 0.29) is 49.4 Å². The number of rotatable bonds is 3.